The van der Waals surface area contributed by atoms with Crippen molar-refractivity contribution in [3.8, 4) is 11.3 Å². The summed E-state index contributed by atoms with van der Waals surface area (Å²) in [6, 6.07) is 19.6. The average Bonchev–Trinajstić information content (AvgIpc) is 3.32. The number of pyridine rings is 2. The van der Waals surface area contributed by atoms with Gasteiger partial charge in [0.05, 0.1) is 18.2 Å². The predicted octanol–water partition coefficient (Wildman–Crippen LogP) is 13.1. The zero-order valence-electron chi connectivity index (χ0n) is 34.3. The van der Waals surface area contributed by atoms with E-state index in [1.807, 2.05) is 45.9 Å². The van der Waals surface area contributed by atoms with Gasteiger partial charge in [-0.2, -0.15) is 13.2 Å². The molecule has 0 fully saturated rings. The Labute approximate surface area is 335 Å². The van der Waals surface area contributed by atoms with Crippen LogP contribution in [-0.2, 0) is 36.7 Å². The number of alkyl halides is 3. The Balaban J connectivity index is 0.000000433. The minimum atomic E-state index is -4.31. The summed E-state index contributed by atoms with van der Waals surface area (Å²) in [7, 11) is 0. The number of hydrogen-bond donors (Lipinski definition) is 1. The molecule has 0 atom stereocenters. The van der Waals surface area contributed by atoms with E-state index >= 15 is 0 Å². The first-order valence-corrected chi connectivity index (χ1v) is 19.0. The molecule has 0 saturated carbocycles. The second-order valence-corrected chi connectivity index (χ2v) is 15.7. The Kier molecular flexibility index (Phi) is 14.7. The van der Waals surface area contributed by atoms with Gasteiger partial charge in [0, 0.05) is 61.5 Å². The molecule has 1 aliphatic carbocycles. The van der Waals surface area contributed by atoms with E-state index in [1.165, 1.54) is 37.1 Å². The van der Waals surface area contributed by atoms with Crippen LogP contribution in [0, 0.1) is 23.3 Å². The number of carbonyl (C=O) groups is 1. The van der Waals surface area contributed by atoms with Gasteiger partial charge in [0.15, 0.2) is 5.78 Å². The third-order valence-corrected chi connectivity index (χ3v) is 10.7. The molecule has 2 heterocycles. The maximum absolute atomic E-state index is 13.4. The molecular weight excluding hydrogens is 862 g/mol. The fraction of sp³-hybridized carbons (Fsp3) is 0.457. The monoisotopic (exact) mass is 919 g/mol. The molecule has 4 nitrogen and oxygen atoms in total. The molecule has 0 bridgehead atoms. The number of aromatic nitrogens is 2. The topological polar surface area (TPSA) is 63.1 Å². The van der Waals surface area contributed by atoms with Crippen molar-refractivity contribution in [2.24, 2.45) is 17.3 Å². The summed E-state index contributed by atoms with van der Waals surface area (Å²) in [4.78, 5) is 21.1. The first kappa shape index (κ1) is 43.1. The maximum Gasteiger partial charge on any atom is 0.394 e. The van der Waals surface area contributed by atoms with Crippen LogP contribution in [0.4, 0.5) is 13.2 Å². The molecule has 0 aliphatic heterocycles. The largest absolute Gasteiger partial charge is 0.512 e. The molecule has 1 N–H and O–H groups in total. The molecule has 1 aliphatic rings. The number of allylic oxidation sites excluding steroid dienone is 3. The fourth-order valence-corrected chi connectivity index (χ4v) is 7.13. The van der Waals surface area contributed by atoms with E-state index in [0.717, 1.165) is 59.0 Å². The average molecular weight is 919 g/mol. The summed E-state index contributed by atoms with van der Waals surface area (Å²) in [5.74, 6) is 0.851. The van der Waals surface area contributed by atoms with Crippen LogP contribution < -0.4 is 0 Å². The Hall–Kier alpha value is -3.61. The van der Waals surface area contributed by atoms with Gasteiger partial charge in [-0.05, 0) is 78.5 Å². The SMILES string of the molecule is CCC(CC)C(=O)/C=C(\O)C(CC)CC.[2H]C1=C(c2ccc(CC(C)(C)C(F)(F)F)cn2)C(C)(C)c2c1ccnc2-c1[c-]c2ccccc2c(C(C)C)c1.[Ir]. The zero-order valence-corrected chi connectivity index (χ0v) is 35.7. The minimum Gasteiger partial charge on any atom is -0.512 e. The van der Waals surface area contributed by atoms with Gasteiger partial charge in [0.1, 0.15) is 0 Å². The van der Waals surface area contributed by atoms with E-state index in [2.05, 4.69) is 56.9 Å². The summed E-state index contributed by atoms with van der Waals surface area (Å²) < 4.78 is 49.4. The molecule has 5 rings (SSSR count). The van der Waals surface area contributed by atoms with Crippen molar-refractivity contribution in [3.63, 3.8) is 0 Å². The van der Waals surface area contributed by atoms with Crippen molar-refractivity contribution in [1.29, 1.82) is 0 Å². The van der Waals surface area contributed by atoms with Crippen LogP contribution >= 0.6 is 0 Å². The van der Waals surface area contributed by atoms with Gasteiger partial charge < -0.3 is 5.11 Å². The Morgan fingerprint density at radius 3 is 2.15 bits per heavy atom. The van der Waals surface area contributed by atoms with Crippen molar-refractivity contribution < 1.29 is 44.5 Å². The van der Waals surface area contributed by atoms with Gasteiger partial charge in [-0.15, -0.1) is 29.1 Å². The molecular formula is C46H56F3IrN2O2-. The number of carbonyl (C=O) groups excluding carboxylic acids is 1. The number of ketones is 1. The molecule has 0 saturated heterocycles. The molecule has 8 heteroatoms. The van der Waals surface area contributed by atoms with Gasteiger partial charge in [-0.25, -0.2) is 0 Å². The van der Waals surface area contributed by atoms with Crippen LogP contribution in [-0.4, -0.2) is 27.0 Å². The standard InChI is InChI=1S/C33H32F3N2.C13H24O2.Ir/c1-20(2)26-16-24(15-22-9-7-8-10-25(22)26)30-29-23(13-14-37-30)17-27(32(29,5)6)28-12-11-21(19-38-28)18-31(3,4)33(34,35)36;1-5-10(6-2)12(14)9-13(15)11(7-3)8-4;/h7-14,16-17,19-20H,18H2,1-6H3;9-11,14H,5-8H2,1-4H3;/q-1;;/b;12-9-;/i17D;;. The summed E-state index contributed by atoms with van der Waals surface area (Å²) in [6.45, 7) is 18.9. The van der Waals surface area contributed by atoms with Crippen LogP contribution in [0.25, 0.3) is 33.7 Å². The number of aliphatic hydroxyl groups excluding tert-OH is 1. The molecule has 4 aromatic rings. The first-order valence-electron chi connectivity index (χ1n) is 19.5. The van der Waals surface area contributed by atoms with E-state index in [9.17, 15) is 23.1 Å². The normalized spacial score (nSPS) is 14.6. The third-order valence-electron chi connectivity index (χ3n) is 10.7. The fourth-order valence-electron chi connectivity index (χ4n) is 7.13. The molecule has 1 radical (unpaired) electrons. The molecule has 0 amide bonds. The van der Waals surface area contributed by atoms with Gasteiger partial charge >= 0.3 is 6.18 Å². The maximum atomic E-state index is 13.4. The first-order chi connectivity index (χ1) is 25.3. The van der Waals surface area contributed by atoms with Gasteiger partial charge in [-0.1, -0.05) is 104 Å². The number of rotatable bonds is 12. The predicted molar refractivity (Wildman–Crippen MR) is 213 cm³/mol. The molecule has 293 valence electrons. The number of halogens is 3. The zero-order chi connectivity index (χ0) is 40.2. The molecule has 2 aromatic carbocycles. The summed E-state index contributed by atoms with van der Waals surface area (Å²) in [5.41, 5.74) is 3.99. The van der Waals surface area contributed by atoms with Crippen LogP contribution in [0.1, 0.15) is 130 Å². The van der Waals surface area contributed by atoms with Gasteiger partial charge in [-0.3, -0.25) is 14.8 Å². The summed E-state index contributed by atoms with van der Waals surface area (Å²) >= 11 is 0. The second kappa shape index (κ2) is 18.3. The van der Waals surface area contributed by atoms with Crippen molar-refractivity contribution in [3.05, 3.63) is 107 Å². The van der Waals surface area contributed by atoms with Crippen LogP contribution in [0.5, 0.6) is 0 Å². The molecule has 54 heavy (non-hydrogen) atoms. The van der Waals surface area contributed by atoms with Crippen LogP contribution in [0.15, 0.2) is 72.8 Å². The van der Waals surface area contributed by atoms with E-state index in [1.54, 1.807) is 18.3 Å². The quantitative estimate of drug-likeness (QED) is 0.0874. The Bertz CT molecular complexity index is 2010. The number of fused-ring (bicyclic) bond motifs is 2. The van der Waals surface area contributed by atoms with E-state index in [-0.39, 0.29) is 49.9 Å². The number of hydrogen-bond acceptors (Lipinski definition) is 4. The van der Waals surface area contributed by atoms with Gasteiger partial charge in [0.2, 0.25) is 0 Å². The van der Waals surface area contributed by atoms with Crippen LogP contribution in [0.3, 0.4) is 0 Å². The molecule has 0 spiro atoms. The molecule has 2 aromatic heterocycles. The van der Waals surface area contributed by atoms with Crippen molar-refractivity contribution in [1.82, 2.24) is 9.97 Å². The summed E-state index contributed by atoms with van der Waals surface area (Å²) in [6.07, 6.45) is 3.67. The van der Waals surface area contributed by atoms with Crippen molar-refractivity contribution in [2.45, 2.75) is 119 Å². The van der Waals surface area contributed by atoms with Crippen molar-refractivity contribution >= 4 is 28.2 Å². The number of nitrogens with zero attached hydrogens (tertiary/aromatic N) is 2. The second-order valence-electron chi connectivity index (χ2n) is 15.7. The van der Waals surface area contributed by atoms with Crippen LogP contribution in [0.2, 0.25) is 0 Å². The van der Waals surface area contributed by atoms with Crippen molar-refractivity contribution in [2.75, 3.05) is 0 Å². The molecule has 0 unspecified atom stereocenters. The summed E-state index contributed by atoms with van der Waals surface area (Å²) in [5, 5.41) is 11.9. The Morgan fingerprint density at radius 1 is 0.963 bits per heavy atom. The third kappa shape index (κ3) is 9.78. The minimum absolute atomic E-state index is 0. The van der Waals surface area contributed by atoms with E-state index in [4.69, 9.17) is 6.35 Å². The van der Waals surface area contributed by atoms with E-state index < -0.39 is 17.0 Å². The smallest absolute Gasteiger partial charge is 0.394 e. The number of aliphatic hydroxyl groups is 1. The van der Waals surface area contributed by atoms with Gasteiger partial charge in [0.25, 0.3) is 0 Å². The number of benzene rings is 2. The Morgan fingerprint density at radius 2 is 1.59 bits per heavy atom. The van der Waals surface area contributed by atoms with E-state index in [0.29, 0.717) is 23.2 Å².